The quantitative estimate of drug-likeness (QED) is 0.583. The predicted molar refractivity (Wildman–Crippen MR) is 116 cm³/mol. The zero-order valence-corrected chi connectivity index (χ0v) is 18.1. The number of nitrogens with one attached hydrogen (secondary N) is 1. The molecule has 0 bridgehead atoms. The van der Waals surface area contributed by atoms with Crippen molar-refractivity contribution in [2.45, 2.75) is 52.0 Å². The van der Waals surface area contributed by atoms with Crippen LogP contribution in [0, 0.1) is 0 Å². The molecule has 6 nitrogen and oxygen atoms in total. The summed E-state index contributed by atoms with van der Waals surface area (Å²) in [5, 5.41) is 3.09. The van der Waals surface area contributed by atoms with Crippen LogP contribution in [-0.4, -0.2) is 67.6 Å². The molecule has 1 aromatic rings. The Hall–Kier alpha value is -1.92. The van der Waals surface area contributed by atoms with Crippen molar-refractivity contribution in [1.29, 1.82) is 0 Å². The Kier molecular flexibility index (Phi) is 10.7. The molecule has 0 aromatic heterocycles. The first-order valence-electron chi connectivity index (χ1n) is 11.1. The van der Waals surface area contributed by atoms with Crippen LogP contribution in [0.2, 0.25) is 0 Å². The Morgan fingerprint density at radius 3 is 2.34 bits per heavy atom. The molecule has 1 heterocycles. The molecule has 0 aliphatic carbocycles. The molecule has 162 valence electrons. The number of hydrogen-bond acceptors (Lipinski definition) is 4. The summed E-state index contributed by atoms with van der Waals surface area (Å²) >= 11 is 0. The summed E-state index contributed by atoms with van der Waals surface area (Å²) < 4.78 is 5.48. The van der Waals surface area contributed by atoms with Crippen LogP contribution < -0.4 is 5.32 Å². The van der Waals surface area contributed by atoms with E-state index in [-0.39, 0.29) is 17.9 Å². The highest BCUT2D eigenvalue weighted by atomic mass is 16.5. The van der Waals surface area contributed by atoms with E-state index in [2.05, 4.69) is 36.2 Å². The summed E-state index contributed by atoms with van der Waals surface area (Å²) in [7, 11) is 0. The molecule has 6 heteroatoms. The van der Waals surface area contributed by atoms with E-state index in [0.29, 0.717) is 25.8 Å². The molecule has 1 aliphatic rings. The number of hydrogen-bond donors (Lipinski definition) is 1. The molecule has 1 atom stereocenters. The van der Waals surface area contributed by atoms with Gasteiger partial charge in [-0.15, -0.1) is 0 Å². The molecule has 2 rings (SSSR count). The molecule has 29 heavy (non-hydrogen) atoms. The van der Waals surface area contributed by atoms with E-state index in [1.165, 1.54) is 5.56 Å². The normalized spacial score (nSPS) is 15.7. The largest absolute Gasteiger partial charge is 0.379 e. The van der Waals surface area contributed by atoms with Gasteiger partial charge in [0.2, 0.25) is 11.8 Å². The van der Waals surface area contributed by atoms with E-state index >= 15 is 0 Å². The number of benzene rings is 1. The number of nitrogens with zero attached hydrogens (tertiary/aromatic N) is 2. The van der Waals surface area contributed by atoms with Gasteiger partial charge in [0.15, 0.2) is 0 Å². The zero-order chi connectivity index (χ0) is 20.9. The van der Waals surface area contributed by atoms with Crippen LogP contribution in [0.4, 0.5) is 0 Å². The van der Waals surface area contributed by atoms with Crippen molar-refractivity contribution in [2.24, 2.45) is 0 Å². The van der Waals surface area contributed by atoms with E-state index in [1.807, 2.05) is 23.1 Å². The molecule has 1 fully saturated rings. The monoisotopic (exact) mass is 403 g/mol. The maximum Gasteiger partial charge on any atom is 0.222 e. The van der Waals surface area contributed by atoms with Gasteiger partial charge in [0.05, 0.1) is 19.3 Å². The van der Waals surface area contributed by atoms with Gasteiger partial charge in [-0.1, -0.05) is 44.2 Å². The summed E-state index contributed by atoms with van der Waals surface area (Å²) in [6.07, 6.45) is 3.37. The van der Waals surface area contributed by atoms with Gasteiger partial charge >= 0.3 is 0 Å². The lowest BCUT2D eigenvalue weighted by Crippen LogP contribution is -2.43. The highest BCUT2D eigenvalue weighted by molar-refractivity contribution is 5.79. The second-order valence-corrected chi connectivity index (χ2v) is 7.61. The fourth-order valence-corrected chi connectivity index (χ4v) is 3.78. The first-order chi connectivity index (χ1) is 14.2. The topological polar surface area (TPSA) is 61.9 Å². The third-order valence-corrected chi connectivity index (χ3v) is 5.30. The minimum atomic E-state index is 0.0181. The zero-order valence-electron chi connectivity index (χ0n) is 18.1. The third kappa shape index (κ3) is 8.15. The van der Waals surface area contributed by atoms with Gasteiger partial charge in [0.1, 0.15) is 0 Å². The van der Waals surface area contributed by atoms with Crippen LogP contribution in [0.1, 0.15) is 57.6 Å². The average molecular weight is 404 g/mol. The molecule has 0 saturated carbocycles. The Morgan fingerprint density at radius 2 is 1.72 bits per heavy atom. The van der Waals surface area contributed by atoms with E-state index in [9.17, 15) is 9.59 Å². The molecule has 1 saturated heterocycles. The first kappa shape index (κ1) is 23.4. The lowest BCUT2D eigenvalue weighted by molar-refractivity contribution is -0.131. The predicted octanol–water partition coefficient (Wildman–Crippen LogP) is 3.00. The fraction of sp³-hybridized carbons (Fsp3) is 0.652. The van der Waals surface area contributed by atoms with Crippen LogP contribution in [-0.2, 0) is 14.3 Å². The average Bonchev–Trinajstić information content (AvgIpc) is 2.75. The van der Waals surface area contributed by atoms with E-state index in [1.54, 1.807) is 0 Å². The molecule has 0 radical (unpaired) electrons. The second-order valence-electron chi connectivity index (χ2n) is 7.61. The van der Waals surface area contributed by atoms with E-state index in [0.717, 1.165) is 52.2 Å². The van der Waals surface area contributed by atoms with Gasteiger partial charge in [0, 0.05) is 45.6 Å². The van der Waals surface area contributed by atoms with Crippen molar-refractivity contribution in [1.82, 2.24) is 15.1 Å². The fourth-order valence-electron chi connectivity index (χ4n) is 3.78. The Morgan fingerprint density at radius 1 is 1.07 bits per heavy atom. The third-order valence-electron chi connectivity index (χ3n) is 5.30. The number of rotatable bonds is 12. The molecular formula is C23H37N3O3. The minimum absolute atomic E-state index is 0.0181. The number of morpholine rings is 1. The van der Waals surface area contributed by atoms with Crippen LogP contribution in [0.3, 0.4) is 0 Å². The summed E-state index contributed by atoms with van der Waals surface area (Å²) in [5.41, 5.74) is 1.21. The van der Waals surface area contributed by atoms with Crippen LogP contribution in [0.5, 0.6) is 0 Å². The molecular weight excluding hydrogens is 366 g/mol. The number of carbonyl (C=O) groups is 2. The van der Waals surface area contributed by atoms with Crippen LogP contribution >= 0.6 is 0 Å². The first-order valence-corrected chi connectivity index (χ1v) is 11.1. The van der Waals surface area contributed by atoms with Gasteiger partial charge in [-0.05, 0) is 24.8 Å². The smallest absolute Gasteiger partial charge is 0.222 e. The molecule has 0 spiro atoms. The highest BCUT2D eigenvalue weighted by Crippen LogP contribution is 2.21. The number of ether oxygens (including phenoxy) is 1. The van der Waals surface area contributed by atoms with Gasteiger partial charge in [-0.25, -0.2) is 0 Å². The van der Waals surface area contributed by atoms with Crippen molar-refractivity contribution >= 4 is 11.8 Å². The SMILES string of the molecule is CCCN(CCC)C(=O)CCCC(=O)NCC(c1ccccc1)N1CCOCC1. The lowest BCUT2D eigenvalue weighted by atomic mass is 10.0. The highest BCUT2D eigenvalue weighted by Gasteiger charge is 2.23. The molecule has 1 aromatic carbocycles. The van der Waals surface area contributed by atoms with Crippen molar-refractivity contribution < 1.29 is 14.3 Å². The van der Waals surface area contributed by atoms with Gasteiger partial charge in [-0.3, -0.25) is 14.5 Å². The van der Waals surface area contributed by atoms with Crippen molar-refractivity contribution in [2.75, 3.05) is 45.9 Å². The van der Waals surface area contributed by atoms with E-state index in [4.69, 9.17) is 4.74 Å². The summed E-state index contributed by atoms with van der Waals surface area (Å²) in [4.78, 5) is 29.0. The molecule has 1 unspecified atom stereocenters. The van der Waals surface area contributed by atoms with Gasteiger partial charge < -0.3 is 15.0 Å². The number of carbonyl (C=O) groups excluding carboxylic acids is 2. The van der Waals surface area contributed by atoms with Gasteiger partial charge in [-0.2, -0.15) is 0 Å². The van der Waals surface area contributed by atoms with Gasteiger partial charge in [0.25, 0.3) is 0 Å². The lowest BCUT2D eigenvalue weighted by Gasteiger charge is -2.35. The van der Waals surface area contributed by atoms with Crippen LogP contribution in [0.25, 0.3) is 0 Å². The summed E-state index contributed by atoms with van der Waals surface area (Å²) in [6, 6.07) is 10.5. The number of amides is 2. The minimum Gasteiger partial charge on any atom is -0.379 e. The van der Waals surface area contributed by atoms with E-state index < -0.39 is 0 Å². The Labute approximate surface area is 175 Å². The Balaban J connectivity index is 1.80. The Bertz CT molecular complexity index is 597. The molecule has 1 N–H and O–H groups in total. The maximum absolute atomic E-state index is 12.4. The van der Waals surface area contributed by atoms with Crippen molar-refractivity contribution in [3.05, 3.63) is 35.9 Å². The second kappa shape index (κ2) is 13.3. The van der Waals surface area contributed by atoms with Crippen molar-refractivity contribution in [3.63, 3.8) is 0 Å². The summed E-state index contributed by atoms with van der Waals surface area (Å²) in [5.74, 6) is 0.182. The maximum atomic E-state index is 12.4. The van der Waals surface area contributed by atoms with Crippen LogP contribution in [0.15, 0.2) is 30.3 Å². The molecule has 2 amide bonds. The summed E-state index contributed by atoms with van der Waals surface area (Å²) in [6.45, 7) is 9.55. The molecule has 1 aliphatic heterocycles. The standard InChI is InChI=1S/C23H37N3O3/c1-3-13-26(14-4-2)23(28)12-8-11-22(27)24-19-21(20-9-6-5-7-10-20)25-15-17-29-18-16-25/h5-7,9-10,21H,3-4,8,11-19H2,1-2H3,(H,24,27). The van der Waals surface area contributed by atoms with Crippen molar-refractivity contribution in [3.8, 4) is 0 Å².